The maximum absolute atomic E-state index is 4.56. The molecule has 0 fully saturated rings. The van der Waals surface area contributed by atoms with Crippen LogP contribution in [-0.4, -0.2) is 0 Å². The number of hydrogen-bond donors (Lipinski definition) is 2. The molecule has 2 heteroatoms. The Morgan fingerprint density at radius 3 is 2.56 bits per heavy atom. The van der Waals surface area contributed by atoms with E-state index in [1.54, 1.807) is 0 Å². The van der Waals surface area contributed by atoms with E-state index in [2.05, 4.69) is 61.7 Å². The van der Waals surface area contributed by atoms with Crippen LogP contribution in [0.1, 0.15) is 17.5 Å². The Hall–Kier alpha value is -0.860. The largest absolute Gasteiger partial charge is 0.147 e. The van der Waals surface area contributed by atoms with Crippen molar-refractivity contribution >= 4 is 40.9 Å². The van der Waals surface area contributed by atoms with Gasteiger partial charge in [-0.1, -0.05) is 36.4 Å². The van der Waals surface area contributed by atoms with Crippen molar-refractivity contribution in [3.8, 4) is 0 Å². The first kappa shape index (κ1) is 10.3. The van der Waals surface area contributed by atoms with Gasteiger partial charge in [-0.3, -0.25) is 0 Å². The smallest absolute Gasteiger partial charge is 0.0209 e. The van der Waals surface area contributed by atoms with Crippen molar-refractivity contribution in [3.63, 3.8) is 0 Å². The van der Waals surface area contributed by atoms with E-state index in [1.165, 1.54) is 21.9 Å². The van der Waals surface area contributed by atoms with E-state index in [0.29, 0.717) is 0 Å². The van der Waals surface area contributed by atoms with Crippen LogP contribution in [-0.2, 0) is 6.42 Å². The Morgan fingerprint density at radius 2 is 1.69 bits per heavy atom. The molecule has 0 heterocycles. The second-order valence-electron chi connectivity index (χ2n) is 4.11. The molecule has 16 heavy (non-hydrogen) atoms. The molecule has 3 rings (SSSR count). The molecule has 2 aromatic rings. The Kier molecular flexibility index (Phi) is 2.49. The fourth-order valence-electron chi connectivity index (χ4n) is 2.34. The molecule has 1 aliphatic carbocycles. The lowest BCUT2D eigenvalue weighted by Gasteiger charge is -2.19. The molecule has 0 atom stereocenters. The summed E-state index contributed by atoms with van der Waals surface area (Å²) in [6.45, 7) is 0. The van der Waals surface area contributed by atoms with Crippen LogP contribution in [0.4, 0.5) is 0 Å². The third kappa shape index (κ3) is 1.48. The highest BCUT2D eigenvalue weighted by molar-refractivity contribution is 7.93. The number of rotatable bonds is 0. The van der Waals surface area contributed by atoms with Crippen molar-refractivity contribution in [3.05, 3.63) is 52.4 Å². The summed E-state index contributed by atoms with van der Waals surface area (Å²) in [5.74, 6) is 0. The number of benzene rings is 2. The summed E-state index contributed by atoms with van der Waals surface area (Å²) in [5, 5.41) is 2.66. The van der Waals surface area contributed by atoms with Crippen LogP contribution in [0.25, 0.3) is 15.7 Å². The maximum Gasteiger partial charge on any atom is 0.0209 e. The molecule has 0 N–H and O–H groups in total. The van der Waals surface area contributed by atoms with Crippen molar-refractivity contribution < 1.29 is 0 Å². The fourth-order valence-corrected chi connectivity index (χ4v) is 2.90. The van der Waals surface area contributed by atoms with Crippen LogP contribution in [0.3, 0.4) is 0 Å². The van der Waals surface area contributed by atoms with E-state index in [0.717, 1.165) is 22.7 Å². The summed E-state index contributed by atoms with van der Waals surface area (Å²) in [6, 6.07) is 12.9. The van der Waals surface area contributed by atoms with Crippen molar-refractivity contribution in [2.24, 2.45) is 0 Å². The SMILES string of the molecule is SC1=C(S)c2ccc3ccccc3c2CC1. The number of allylic oxidation sites excluding steroid dienone is 1. The van der Waals surface area contributed by atoms with Gasteiger partial charge in [0.05, 0.1) is 0 Å². The van der Waals surface area contributed by atoms with Crippen LogP contribution in [0, 0.1) is 0 Å². The highest BCUT2D eigenvalue weighted by atomic mass is 32.1. The Balaban J connectivity index is 2.37. The molecule has 0 saturated carbocycles. The van der Waals surface area contributed by atoms with Gasteiger partial charge in [-0.15, -0.1) is 25.3 Å². The summed E-state index contributed by atoms with van der Waals surface area (Å²) >= 11 is 9.04. The van der Waals surface area contributed by atoms with Crippen molar-refractivity contribution in [2.45, 2.75) is 12.8 Å². The average molecular weight is 244 g/mol. The van der Waals surface area contributed by atoms with Crippen LogP contribution < -0.4 is 0 Å². The van der Waals surface area contributed by atoms with Crippen LogP contribution >= 0.6 is 25.3 Å². The molecule has 0 unspecified atom stereocenters. The van der Waals surface area contributed by atoms with E-state index in [9.17, 15) is 0 Å². The zero-order valence-corrected chi connectivity index (χ0v) is 10.6. The van der Waals surface area contributed by atoms with Gasteiger partial charge >= 0.3 is 0 Å². The molecule has 1 aliphatic rings. The Bertz CT molecular complexity index is 597. The number of thiol groups is 2. The standard InChI is InChI=1S/C14H12S2/c15-13-8-7-11-10-4-2-1-3-9(10)5-6-12(11)14(13)16/h1-6,15-16H,7-8H2. The van der Waals surface area contributed by atoms with Gasteiger partial charge in [-0.05, 0) is 39.6 Å². The molecule has 80 valence electrons. The van der Waals surface area contributed by atoms with Crippen LogP contribution in [0.2, 0.25) is 0 Å². The van der Waals surface area contributed by atoms with Gasteiger partial charge in [0.25, 0.3) is 0 Å². The topological polar surface area (TPSA) is 0 Å². The zero-order valence-electron chi connectivity index (χ0n) is 8.77. The lowest BCUT2D eigenvalue weighted by molar-refractivity contribution is 0.984. The van der Waals surface area contributed by atoms with Gasteiger partial charge in [0.1, 0.15) is 0 Å². The average Bonchev–Trinajstić information content (AvgIpc) is 2.33. The summed E-state index contributed by atoms with van der Waals surface area (Å²) in [4.78, 5) is 2.14. The molecule has 0 aromatic heterocycles. The third-order valence-electron chi connectivity index (χ3n) is 3.18. The molecule has 0 spiro atoms. The van der Waals surface area contributed by atoms with Crippen LogP contribution in [0.15, 0.2) is 41.3 Å². The molecular weight excluding hydrogens is 232 g/mol. The molecule has 2 aromatic carbocycles. The van der Waals surface area contributed by atoms with Crippen LogP contribution in [0.5, 0.6) is 0 Å². The lowest BCUT2D eigenvalue weighted by atomic mass is 9.91. The third-order valence-corrected chi connectivity index (χ3v) is 4.32. The number of aryl methyl sites for hydroxylation is 1. The molecule has 0 amide bonds. The number of hydrogen-bond acceptors (Lipinski definition) is 2. The monoisotopic (exact) mass is 244 g/mol. The minimum Gasteiger partial charge on any atom is -0.147 e. The quantitative estimate of drug-likeness (QED) is 0.634. The first-order chi connectivity index (χ1) is 7.77. The van der Waals surface area contributed by atoms with E-state index in [-0.39, 0.29) is 0 Å². The molecule has 0 saturated heterocycles. The second-order valence-corrected chi connectivity index (χ2v) is 5.10. The van der Waals surface area contributed by atoms with Gasteiger partial charge in [-0.25, -0.2) is 0 Å². The summed E-state index contributed by atoms with van der Waals surface area (Å²) in [6.07, 6.45) is 2.07. The highest BCUT2D eigenvalue weighted by Gasteiger charge is 2.16. The minimum absolute atomic E-state index is 1.00. The maximum atomic E-state index is 4.56. The van der Waals surface area contributed by atoms with Gasteiger partial charge in [-0.2, -0.15) is 0 Å². The number of fused-ring (bicyclic) bond motifs is 3. The fraction of sp³-hybridized carbons (Fsp3) is 0.143. The van der Waals surface area contributed by atoms with E-state index in [1.807, 2.05) is 0 Å². The normalized spacial score (nSPS) is 15.4. The predicted molar refractivity (Wildman–Crippen MR) is 77.2 cm³/mol. The summed E-state index contributed by atoms with van der Waals surface area (Å²) in [5.41, 5.74) is 2.67. The Labute approximate surface area is 106 Å². The summed E-state index contributed by atoms with van der Waals surface area (Å²) < 4.78 is 0. The Morgan fingerprint density at radius 1 is 0.875 bits per heavy atom. The first-order valence-corrected chi connectivity index (χ1v) is 6.29. The van der Waals surface area contributed by atoms with Gasteiger partial charge in [0.2, 0.25) is 0 Å². The molecular formula is C14H12S2. The molecule has 0 bridgehead atoms. The molecule has 0 aliphatic heterocycles. The van der Waals surface area contributed by atoms with Gasteiger partial charge in [0.15, 0.2) is 0 Å². The lowest BCUT2D eigenvalue weighted by Crippen LogP contribution is -2.00. The van der Waals surface area contributed by atoms with Gasteiger partial charge in [0, 0.05) is 4.91 Å². The second kappa shape index (κ2) is 3.86. The highest BCUT2D eigenvalue weighted by Crippen LogP contribution is 2.38. The van der Waals surface area contributed by atoms with Crippen molar-refractivity contribution in [1.82, 2.24) is 0 Å². The zero-order chi connectivity index (χ0) is 11.1. The van der Waals surface area contributed by atoms with E-state index >= 15 is 0 Å². The molecule has 0 nitrogen and oxygen atoms in total. The van der Waals surface area contributed by atoms with Crippen molar-refractivity contribution in [2.75, 3.05) is 0 Å². The van der Waals surface area contributed by atoms with Gasteiger partial charge < -0.3 is 0 Å². The first-order valence-electron chi connectivity index (χ1n) is 5.39. The predicted octanol–water partition coefficient (Wildman–Crippen LogP) is 4.31. The van der Waals surface area contributed by atoms with E-state index < -0.39 is 0 Å². The minimum atomic E-state index is 1.00. The van der Waals surface area contributed by atoms with E-state index in [4.69, 9.17) is 0 Å². The summed E-state index contributed by atoms with van der Waals surface area (Å²) in [7, 11) is 0. The van der Waals surface area contributed by atoms with Crippen molar-refractivity contribution in [1.29, 1.82) is 0 Å². The molecule has 0 radical (unpaired) electrons.